The molecule has 0 spiro atoms. The first-order valence-electron chi connectivity index (χ1n) is 13.3. The van der Waals surface area contributed by atoms with E-state index in [0.29, 0.717) is 39.8 Å². The van der Waals surface area contributed by atoms with Gasteiger partial charge >= 0.3 is 5.91 Å². The Hall–Kier alpha value is -4.76. The van der Waals surface area contributed by atoms with Crippen LogP contribution in [0, 0.1) is 20.8 Å². The van der Waals surface area contributed by atoms with Crippen molar-refractivity contribution in [2.45, 2.75) is 40.3 Å². The van der Waals surface area contributed by atoms with Gasteiger partial charge in [-0.1, -0.05) is 65.4 Å². The third kappa shape index (κ3) is 5.31. The molecule has 0 bridgehead atoms. The highest BCUT2D eigenvalue weighted by molar-refractivity contribution is 7.18. The van der Waals surface area contributed by atoms with Crippen molar-refractivity contribution in [3.05, 3.63) is 111 Å². The molecular weight excluding hydrogens is 552 g/mol. The quantitative estimate of drug-likeness (QED) is 0.110. The lowest BCUT2D eigenvalue weighted by Gasteiger charge is -2.24. The summed E-state index contributed by atoms with van der Waals surface area (Å²) in [4.78, 5) is 45.6. The number of thiazole rings is 1. The van der Waals surface area contributed by atoms with Crippen LogP contribution in [0.15, 0.2) is 72.3 Å². The first-order chi connectivity index (χ1) is 20.1. The van der Waals surface area contributed by atoms with Crippen LogP contribution in [0.25, 0.3) is 5.76 Å². The zero-order valence-electron chi connectivity index (χ0n) is 23.9. The minimum Gasteiger partial charge on any atom is -0.507 e. The molecule has 9 heteroatoms. The third-order valence-corrected chi connectivity index (χ3v) is 8.40. The van der Waals surface area contributed by atoms with Gasteiger partial charge in [0.15, 0.2) is 22.4 Å². The van der Waals surface area contributed by atoms with E-state index in [1.165, 1.54) is 18.9 Å². The third-order valence-electron chi connectivity index (χ3n) is 7.14. The van der Waals surface area contributed by atoms with Crippen molar-refractivity contribution < 1.29 is 29.0 Å². The second-order valence-corrected chi connectivity index (χ2v) is 11.1. The van der Waals surface area contributed by atoms with Gasteiger partial charge in [-0.2, -0.15) is 0 Å². The van der Waals surface area contributed by atoms with E-state index in [1.807, 2.05) is 56.3 Å². The zero-order chi connectivity index (χ0) is 30.1. The molecule has 1 N–H and O–H groups in total. The number of anilines is 1. The molecule has 1 atom stereocenters. The van der Waals surface area contributed by atoms with Gasteiger partial charge in [-0.3, -0.25) is 19.3 Å². The van der Waals surface area contributed by atoms with Crippen LogP contribution in [0.3, 0.4) is 0 Å². The molecule has 0 saturated carbocycles. The van der Waals surface area contributed by atoms with E-state index in [4.69, 9.17) is 9.47 Å². The first-order valence-corrected chi connectivity index (χ1v) is 14.1. The van der Waals surface area contributed by atoms with Crippen LogP contribution in [0.2, 0.25) is 0 Å². The number of hydrogen-bond acceptors (Lipinski definition) is 8. The molecule has 1 amide bonds. The highest BCUT2D eigenvalue weighted by atomic mass is 32.1. The van der Waals surface area contributed by atoms with Gasteiger partial charge < -0.3 is 14.6 Å². The number of aliphatic hydroxyl groups is 1. The summed E-state index contributed by atoms with van der Waals surface area (Å²) >= 11 is 1.04. The smallest absolute Gasteiger partial charge is 0.301 e. The number of Topliss-reactive ketones (excluding diaryl/α,β-unsaturated/α-hetero) is 2. The van der Waals surface area contributed by atoms with Crippen LogP contribution in [0.5, 0.6) is 11.5 Å². The van der Waals surface area contributed by atoms with Crippen LogP contribution < -0.4 is 14.4 Å². The maximum absolute atomic E-state index is 13.6. The number of methoxy groups -OCH3 is 1. The predicted octanol–water partition coefficient (Wildman–Crippen LogP) is 6.48. The lowest BCUT2D eigenvalue weighted by molar-refractivity contribution is -0.132. The van der Waals surface area contributed by atoms with Gasteiger partial charge in [0.1, 0.15) is 12.4 Å². The molecule has 3 aromatic carbocycles. The lowest BCUT2D eigenvalue weighted by atomic mass is 9.93. The number of nitrogens with zero attached hydrogens (tertiary/aromatic N) is 2. The fourth-order valence-corrected chi connectivity index (χ4v) is 5.99. The van der Waals surface area contributed by atoms with E-state index in [2.05, 4.69) is 4.98 Å². The highest BCUT2D eigenvalue weighted by Gasteiger charge is 2.48. The summed E-state index contributed by atoms with van der Waals surface area (Å²) in [6, 6.07) is 19.3. The molecule has 1 aliphatic heterocycles. The number of aryl methyl sites for hydroxylation is 3. The van der Waals surface area contributed by atoms with E-state index < -0.39 is 17.7 Å². The van der Waals surface area contributed by atoms with Crippen molar-refractivity contribution in [2.75, 3.05) is 12.0 Å². The van der Waals surface area contributed by atoms with Crippen LogP contribution in [0.1, 0.15) is 56.1 Å². The summed E-state index contributed by atoms with van der Waals surface area (Å²) in [5.41, 5.74) is 3.94. The molecule has 1 aliphatic rings. The Kier molecular flexibility index (Phi) is 7.95. The number of hydrogen-bond donors (Lipinski definition) is 1. The van der Waals surface area contributed by atoms with Crippen molar-refractivity contribution >= 4 is 39.7 Å². The second-order valence-electron chi connectivity index (χ2n) is 10.1. The van der Waals surface area contributed by atoms with Gasteiger partial charge in [-0.05, 0) is 55.7 Å². The molecule has 8 nitrogen and oxygen atoms in total. The molecule has 2 heterocycles. The SMILES string of the molecule is COc1cc(C2/C(=C(\O)c3cc(C)ccc3C)C(=O)C(=O)N2c2nc(C)c(C(C)=O)s2)ccc1OCc1ccccc1. The Balaban J connectivity index is 1.66. The van der Waals surface area contributed by atoms with E-state index in [-0.39, 0.29) is 22.2 Å². The Morgan fingerprint density at radius 3 is 2.40 bits per heavy atom. The van der Waals surface area contributed by atoms with Gasteiger partial charge in [-0.15, -0.1) is 0 Å². The van der Waals surface area contributed by atoms with Crippen molar-refractivity contribution in [3.8, 4) is 11.5 Å². The van der Waals surface area contributed by atoms with E-state index in [9.17, 15) is 19.5 Å². The summed E-state index contributed by atoms with van der Waals surface area (Å²) in [5.74, 6) is -1.31. The number of rotatable bonds is 8. The zero-order valence-corrected chi connectivity index (χ0v) is 24.7. The van der Waals surface area contributed by atoms with Gasteiger partial charge in [0.05, 0.1) is 29.3 Å². The monoisotopic (exact) mass is 582 g/mol. The predicted molar refractivity (Wildman–Crippen MR) is 161 cm³/mol. The lowest BCUT2D eigenvalue weighted by Crippen LogP contribution is -2.29. The number of carbonyl (C=O) groups is 3. The number of ether oxygens (including phenoxy) is 2. The van der Waals surface area contributed by atoms with Gasteiger partial charge in [0.25, 0.3) is 5.78 Å². The Morgan fingerprint density at radius 1 is 1.00 bits per heavy atom. The van der Waals surface area contributed by atoms with Gasteiger partial charge in [0, 0.05) is 12.5 Å². The average molecular weight is 583 g/mol. The van der Waals surface area contributed by atoms with Crippen molar-refractivity contribution in [1.82, 2.24) is 4.98 Å². The van der Waals surface area contributed by atoms with E-state index >= 15 is 0 Å². The molecule has 0 aliphatic carbocycles. The summed E-state index contributed by atoms with van der Waals surface area (Å²) in [6.07, 6.45) is 0. The molecular formula is C33H30N2O6S. The number of amides is 1. The van der Waals surface area contributed by atoms with Gasteiger partial charge in [-0.25, -0.2) is 4.98 Å². The van der Waals surface area contributed by atoms with E-state index in [1.54, 1.807) is 31.2 Å². The number of aromatic nitrogens is 1. The number of benzene rings is 3. The molecule has 1 saturated heterocycles. The highest BCUT2D eigenvalue weighted by Crippen LogP contribution is 2.46. The minimum absolute atomic E-state index is 0.0778. The summed E-state index contributed by atoms with van der Waals surface area (Å²) in [5, 5.41) is 11.8. The van der Waals surface area contributed by atoms with Crippen molar-refractivity contribution in [1.29, 1.82) is 0 Å². The number of carbonyl (C=O) groups excluding carboxylic acids is 3. The topological polar surface area (TPSA) is 106 Å². The molecule has 5 rings (SSSR count). The van der Waals surface area contributed by atoms with E-state index in [0.717, 1.165) is 28.0 Å². The average Bonchev–Trinajstić information content (AvgIpc) is 3.49. The summed E-state index contributed by atoms with van der Waals surface area (Å²) < 4.78 is 11.7. The molecule has 1 fully saturated rings. The molecule has 42 heavy (non-hydrogen) atoms. The first kappa shape index (κ1) is 28.8. The van der Waals surface area contributed by atoms with Crippen LogP contribution in [0.4, 0.5) is 5.13 Å². The largest absolute Gasteiger partial charge is 0.507 e. The molecule has 0 radical (unpaired) electrons. The standard InChI is InChI=1S/C33H30N2O6S/c1-18-11-12-19(2)24(15-18)29(37)27-28(35(32(39)30(27)38)33-34-20(3)31(42-33)21(4)36)23-13-14-25(26(16-23)40-5)41-17-22-9-7-6-8-10-22/h6-16,28,37H,17H2,1-5H3/b29-27+. The normalized spacial score (nSPS) is 16.1. The second kappa shape index (κ2) is 11.6. The fourth-order valence-electron chi connectivity index (χ4n) is 5.00. The van der Waals surface area contributed by atoms with Crippen LogP contribution in [-0.2, 0) is 16.2 Å². The van der Waals surface area contributed by atoms with Crippen LogP contribution in [-0.4, -0.2) is 34.7 Å². The minimum atomic E-state index is -1.03. The molecule has 1 unspecified atom stereocenters. The summed E-state index contributed by atoms with van der Waals surface area (Å²) in [7, 11) is 1.50. The number of ketones is 2. The maximum Gasteiger partial charge on any atom is 0.301 e. The Labute approximate surface area is 247 Å². The molecule has 1 aromatic heterocycles. The fraction of sp³-hybridized carbons (Fsp3) is 0.212. The van der Waals surface area contributed by atoms with Crippen molar-refractivity contribution in [3.63, 3.8) is 0 Å². The van der Waals surface area contributed by atoms with Crippen LogP contribution >= 0.6 is 11.3 Å². The van der Waals surface area contributed by atoms with Gasteiger partial charge in [0.2, 0.25) is 0 Å². The molecule has 4 aromatic rings. The Morgan fingerprint density at radius 2 is 1.74 bits per heavy atom. The molecule has 214 valence electrons. The Bertz CT molecular complexity index is 1740. The van der Waals surface area contributed by atoms with Crippen molar-refractivity contribution in [2.24, 2.45) is 0 Å². The number of aliphatic hydroxyl groups excluding tert-OH is 1. The maximum atomic E-state index is 13.6. The summed E-state index contributed by atoms with van der Waals surface area (Å²) in [6.45, 7) is 7.13.